The second-order valence-electron chi connectivity index (χ2n) is 7.64. The maximum absolute atomic E-state index is 12.6. The highest BCUT2D eigenvalue weighted by atomic mass is 32.2. The third kappa shape index (κ3) is 4.64. The van der Waals surface area contributed by atoms with Crippen LogP contribution in [0.3, 0.4) is 0 Å². The van der Waals surface area contributed by atoms with E-state index in [0.717, 1.165) is 46.7 Å². The Morgan fingerprint density at radius 1 is 1.19 bits per heavy atom. The molecule has 1 saturated heterocycles. The molecule has 5 nitrogen and oxygen atoms in total. The van der Waals surface area contributed by atoms with Crippen molar-refractivity contribution in [2.24, 2.45) is 0 Å². The minimum Gasteiger partial charge on any atom is -0.493 e. The van der Waals surface area contributed by atoms with Crippen molar-refractivity contribution in [3.63, 3.8) is 0 Å². The van der Waals surface area contributed by atoms with E-state index in [9.17, 15) is 4.79 Å². The lowest BCUT2D eigenvalue weighted by Gasteiger charge is -2.10. The zero-order valence-electron chi connectivity index (χ0n) is 18.4. The summed E-state index contributed by atoms with van der Waals surface area (Å²) in [6.45, 7) is 4.90. The lowest BCUT2D eigenvalue weighted by molar-refractivity contribution is -0.121. The van der Waals surface area contributed by atoms with Crippen LogP contribution >= 0.6 is 24.0 Å². The number of thiocarbonyl (C=S) groups is 1. The molecule has 32 heavy (non-hydrogen) atoms. The lowest BCUT2D eigenvalue weighted by Crippen LogP contribution is -2.22. The molecule has 1 aliphatic rings. The van der Waals surface area contributed by atoms with E-state index in [2.05, 4.69) is 13.0 Å². The number of thioether (sulfide) groups is 1. The number of para-hydroxylation sites is 1. The Balaban J connectivity index is 1.75. The minimum atomic E-state index is -0.0886. The van der Waals surface area contributed by atoms with Crippen molar-refractivity contribution in [1.29, 1.82) is 0 Å². The van der Waals surface area contributed by atoms with Crippen molar-refractivity contribution in [1.82, 2.24) is 14.7 Å². The van der Waals surface area contributed by atoms with Crippen LogP contribution in [-0.4, -0.2) is 38.6 Å². The van der Waals surface area contributed by atoms with E-state index in [4.69, 9.17) is 22.1 Å². The fourth-order valence-corrected chi connectivity index (χ4v) is 4.57. The number of nitrogens with zero attached hydrogens (tertiary/aromatic N) is 3. The van der Waals surface area contributed by atoms with Crippen LogP contribution in [0.1, 0.15) is 30.9 Å². The van der Waals surface area contributed by atoms with Gasteiger partial charge in [0.1, 0.15) is 15.8 Å². The van der Waals surface area contributed by atoms with Gasteiger partial charge in [0.2, 0.25) is 0 Å². The summed E-state index contributed by atoms with van der Waals surface area (Å²) in [6.07, 6.45) is 5.96. The summed E-state index contributed by atoms with van der Waals surface area (Å²) in [5.41, 5.74) is 4.64. The molecule has 4 rings (SSSR count). The Morgan fingerprint density at radius 3 is 2.62 bits per heavy atom. The van der Waals surface area contributed by atoms with E-state index in [1.165, 1.54) is 16.7 Å². The van der Waals surface area contributed by atoms with Crippen LogP contribution in [-0.2, 0) is 4.79 Å². The van der Waals surface area contributed by atoms with E-state index in [1.54, 1.807) is 7.05 Å². The molecule has 7 heteroatoms. The second kappa shape index (κ2) is 9.71. The molecule has 1 aliphatic heterocycles. The SMILES string of the molecule is CCCCOc1ccc(-c2nn(-c3ccccc3)cc2/C=C2\SC(=S)N(C)C2=O)cc1C. The Labute approximate surface area is 198 Å². The van der Waals surface area contributed by atoms with Crippen molar-refractivity contribution in [2.75, 3.05) is 13.7 Å². The lowest BCUT2D eigenvalue weighted by atomic mass is 10.0. The number of aromatic nitrogens is 2. The van der Waals surface area contributed by atoms with Crippen molar-refractivity contribution >= 4 is 40.3 Å². The molecule has 0 bridgehead atoms. The van der Waals surface area contributed by atoms with Crippen molar-refractivity contribution in [2.45, 2.75) is 26.7 Å². The van der Waals surface area contributed by atoms with Gasteiger partial charge < -0.3 is 4.74 Å². The molecule has 0 atom stereocenters. The van der Waals surface area contributed by atoms with E-state index >= 15 is 0 Å². The van der Waals surface area contributed by atoms with Crippen LogP contribution in [0.2, 0.25) is 0 Å². The van der Waals surface area contributed by atoms with Gasteiger partial charge in [0.05, 0.1) is 17.2 Å². The van der Waals surface area contributed by atoms with Gasteiger partial charge in [-0.1, -0.05) is 55.5 Å². The monoisotopic (exact) mass is 463 g/mol. The average Bonchev–Trinajstić information content (AvgIpc) is 3.32. The summed E-state index contributed by atoms with van der Waals surface area (Å²) in [7, 11) is 1.70. The van der Waals surface area contributed by atoms with Gasteiger partial charge in [-0.05, 0) is 55.3 Å². The number of likely N-dealkylation sites (N-methyl/N-ethyl adjacent to an activating group) is 1. The average molecular weight is 464 g/mol. The van der Waals surface area contributed by atoms with Crippen LogP contribution in [0.5, 0.6) is 5.75 Å². The van der Waals surface area contributed by atoms with Gasteiger partial charge >= 0.3 is 0 Å². The largest absolute Gasteiger partial charge is 0.493 e. The zero-order valence-corrected chi connectivity index (χ0v) is 20.0. The number of unbranched alkanes of at least 4 members (excludes halogenated alkanes) is 1. The van der Waals surface area contributed by atoms with Gasteiger partial charge in [0.15, 0.2) is 0 Å². The molecule has 0 unspecified atom stereocenters. The summed E-state index contributed by atoms with van der Waals surface area (Å²) in [6, 6.07) is 16.0. The fraction of sp³-hybridized carbons (Fsp3) is 0.240. The van der Waals surface area contributed by atoms with E-state index in [0.29, 0.717) is 15.8 Å². The van der Waals surface area contributed by atoms with Crippen LogP contribution in [0.15, 0.2) is 59.6 Å². The topological polar surface area (TPSA) is 47.4 Å². The maximum atomic E-state index is 12.6. The van der Waals surface area contributed by atoms with Gasteiger partial charge in [-0.15, -0.1) is 0 Å². The number of hydrogen-bond donors (Lipinski definition) is 0. The first-order valence-electron chi connectivity index (χ1n) is 10.6. The molecule has 2 aromatic carbocycles. The first-order chi connectivity index (χ1) is 15.5. The predicted molar refractivity (Wildman–Crippen MR) is 135 cm³/mol. The third-order valence-corrected chi connectivity index (χ3v) is 6.72. The van der Waals surface area contributed by atoms with Crippen LogP contribution in [0, 0.1) is 6.92 Å². The molecular weight excluding hydrogens is 438 g/mol. The van der Waals surface area contributed by atoms with Gasteiger partial charge in [-0.25, -0.2) is 4.68 Å². The number of ether oxygens (including phenoxy) is 1. The summed E-state index contributed by atoms with van der Waals surface area (Å²) < 4.78 is 8.31. The summed E-state index contributed by atoms with van der Waals surface area (Å²) in [4.78, 5) is 14.7. The van der Waals surface area contributed by atoms with Gasteiger partial charge in [-0.2, -0.15) is 5.10 Å². The number of hydrogen-bond acceptors (Lipinski definition) is 5. The molecule has 0 spiro atoms. The van der Waals surface area contributed by atoms with Crippen LogP contribution in [0.4, 0.5) is 0 Å². The summed E-state index contributed by atoms with van der Waals surface area (Å²) >= 11 is 6.60. The Bertz CT molecular complexity index is 1190. The maximum Gasteiger partial charge on any atom is 0.265 e. The quantitative estimate of drug-likeness (QED) is 0.250. The molecule has 2 heterocycles. The number of aryl methyl sites for hydroxylation is 1. The molecule has 0 saturated carbocycles. The first-order valence-corrected chi connectivity index (χ1v) is 11.8. The van der Waals surface area contributed by atoms with Gasteiger partial charge in [0.25, 0.3) is 5.91 Å². The highest BCUT2D eigenvalue weighted by Crippen LogP contribution is 2.35. The van der Waals surface area contributed by atoms with E-state index in [1.807, 2.05) is 66.3 Å². The van der Waals surface area contributed by atoms with E-state index < -0.39 is 0 Å². The van der Waals surface area contributed by atoms with Gasteiger partial charge in [-0.3, -0.25) is 9.69 Å². The molecule has 0 aliphatic carbocycles. The molecule has 1 amide bonds. The van der Waals surface area contributed by atoms with Crippen molar-refractivity contribution < 1.29 is 9.53 Å². The fourth-order valence-electron chi connectivity index (χ4n) is 3.40. The number of carbonyl (C=O) groups is 1. The Kier molecular flexibility index (Phi) is 6.77. The normalized spacial score (nSPS) is 15.1. The number of carbonyl (C=O) groups excluding carboxylic acids is 1. The molecule has 0 radical (unpaired) electrons. The summed E-state index contributed by atoms with van der Waals surface area (Å²) in [5, 5.41) is 4.87. The standard InChI is InChI=1S/C25H25N3O2S2/c1-4-5-13-30-21-12-11-18(14-17(21)2)23-19(15-22-24(29)27(3)25(31)32-22)16-28(26-23)20-9-7-6-8-10-20/h6-12,14-16H,4-5,13H2,1-3H3/b22-15-. The van der Waals surface area contributed by atoms with Crippen molar-refractivity contribution in [3.05, 3.63) is 70.8 Å². The van der Waals surface area contributed by atoms with Crippen LogP contribution < -0.4 is 4.74 Å². The van der Waals surface area contributed by atoms with Crippen LogP contribution in [0.25, 0.3) is 23.0 Å². The smallest absolute Gasteiger partial charge is 0.265 e. The zero-order chi connectivity index (χ0) is 22.7. The minimum absolute atomic E-state index is 0.0886. The van der Waals surface area contributed by atoms with Crippen molar-refractivity contribution in [3.8, 4) is 22.7 Å². The number of rotatable bonds is 7. The molecular formula is C25H25N3O2S2. The Hall–Kier alpha value is -2.90. The first kappa shape index (κ1) is 22.3. The second-order valence-corrected chi connectivity index (χ2v) is 9.31. The van der Waals surface area contributed by atoms with Gasteiger partial charge in [0, 0.05) is 24.4 Å². The third-order valence-electron chi connectivity index (χ3n) is 5.24. The highest BCUT2D eigenvalue weighted by Gasteiger charge is 2.29. The molecule has 1 aromatic heterocycles. The number of amides is 1. The molecule has 0 N–H and O–H groups in total. The summed E-state index contributed by atoms with van der Waals surface area (Å²) in [5.74, 6) is 0.798. The molecule has 3 aromatic rings. The predicted octanol–water partition coefficient (Wildman–Crippen LogP) is 5.86. The molecule has 164 valence electrons. The Morgan fingerprint density at radius 2 is 1.97 bits per heavy atom. The van der Waals surface area contributed by atoms with E-state index in [-0.39, 0.29) is 5.91 Å². The molecule has 1 fully saturated rings. The highest BCUT2D eigenvalue weighted by molar-refractivity contribution is 8.26. The number of benzene rings is 2.